The van der Waals surface area contributed by atoms with Gasteiger partial charge in [0, 0.05) is 23.5 Å². The average molecular weight is 250 g/mol. The van der Waals surface area contributed by atoms with Gasteiger partial charge in [-0.25, -0.2) is 4.98 Å². The van der Waals surface area contributed by atoms with Gasteiger partial charge in [0.1, 0.15) is 5.65 Å². The molecule has 0 fully saturated rings. The van der Waals surface area contributed by atoms with Crippen molar-refractivity contribution in [2.75, 3.05) is 0 Å². The second-order valence-electron chi connectivity index (χ2n) is 5.90. The summed E-state index contributed by atoms with van der Waals surface area (Å²) in [6.07, 6.45) is 3.91. The molecule has 0 saturated heterocycles. The first-order valence-corrected chi connectivity index (χ1v) is 6.59. The fourth-order valence-electron chi connectivity index (χ4n) is 2.30. The van der Waals surface area contributed by atoms with Crippen molar-refractivity contribution in [3.63, 3.8) is 0 Å². The summed E-state index contributed by atoms with van der Waals surface area (Å²) in [6, 6.07) is 14.9. The highest BCUT2D eigenvalue weighted by Gasteiger charge is 2.13. The van der Waals surface area contributed by atoms with Crippen LogP contribution in [0.4, 0.5) is 0 Å². The van der Waals surface area contributed by atoms with Crippen molar-refractivity contribution >= 4 is 11.0 Å². The molecule has 0 N–H and O–H groups in total. The van der Waals surface area contributed by atoms with Crippen molar-refractivity contribution in [3.05, 3.63) is 60.4 Å². The summed E-state index contributed by atoms with van der Waals surface area (Å²) in [5, 5.41) is 1.17. The van der Waals surface area contributed by atoms with E-state index in [1.54, 1.807) is 0 Å². The number of hydrogen-bond donors (Lipinski definition) is 0. The quantitative estimate of drug-likeness (QED) is 0.629. The highest BCUT2D eigenvalue weighted by Crippen LogP contribution is 2.24. The number of pyridine rings is 1. The van der Waals surface area contributed by atoms with Gasteiger partial charge in [-0.1, -0.05) is 32.9 Å². The molecule has 2 heteroatoms. The molecule has 0 aliphatic carbocycles. The van der Waals surface area contributed by atoms with Crippen LogP contribution in [0, 0.1) is 0 Å². The highest BCUT2D eigenvalue weighted by atomic mass is 15.0. The van der Waals surface area contributed by atoms with Crippen LogP contribution >= 0.6 is 0 Å². The van der Waals surface area contributed by atoms with Crippen molar-refractivity contribution in [2.24, 2.45) is 0 Å². The van der Waals surface area contributed by atoms with E-state index in [-0.39, 0.29) is 5.41 Å². The SMILES string of the molecule is CC(C)(C)c1ccc(-n2ccc3cccnc32)cc1. The third-order valence-electron chi connectivity index (χ3n) is 3.46. The monoisotopic (exact) mass is 250 g/mol. The van der Waals surface area contributed by atoms with Crippen LogP contribution in [-0.4, -0.2) is 9.55 Å². The van der Waals surface area contributed by atoms with Crippen LogP contribution in [0.1, 0.15) is 26.3 Å². The lowest BCUT2D eigenvalue weighted by molar-refractivity contribution is 0.590. The summed E-state index contributed by atoms with van der Waals surface area (Å²) >= 11 is 0. The molecule has 19 heavy (non-hydrogen) atoms. The Morgan fingerprint density at radius 3 is 2.37 bits per heavy atom. The summed E-state index contributed by atoms with van der Waals surface area (Å²) in [4.78, 5) is 4.45. The van der Waals surface area contributed by atoms with Crippen molar-refractivity contribution in [1.82, 2.24) is 9.55 Å². The summed E-state index contributed by atoms with van der Waals surface area (Å²) in [6.45, 7) is 6.69. The summed E-state index contributed by atoms with van der Waals surface area (Å²) in [7, 11) is 0. The van der Waals surface area contributed by atoms with Gasteiger partial charge < -0.3 is 4.57 Å². The predicted octanol–water partition coefficient (Wildman–Crippen LogP) is 4.32. The number of rotatable bonds is 1. The molecular weight excluding hydrogens is 232 g/mol. The maximum Gasteiger partial charge on any atom is 0.144 e. The molecular formula is C17H18N2. The van der Waals surface area contributed by atoms with Gasteiger partial charge in [-0.15, -0.1) is 0 Å². The minimum Gasteiger partial charge on any atom is -0.301 e. The Bertz CT molecular complexity index is 700. The predicted molar refractivity (Wildman–Crippen MR) is 79.8 cm³/mol. The Balaban J connectivity index is 2.07. The Labute approximate surface area is 113 Å². The Hall–Kier alpha value is -2.09. The standard InChI is InChI=1S/C17H18N2/c1-17(2,3)14-6-8-15(9-7-14)19-12-10-13-5-4-11-18-16(13)19/h4-12H,1-3H3. The first-order chi connectivity index (χ1) is 9.05. The summed E-state index contributed by atoms with van der Waals surface area (Å²) in [5.41, 5.74) is 3.70. The maximum atomic E-state index is 4.45. The van der Waals surface area contributed by atoms with E-state index in [0.717, 1.165) is 11.3 Å². The van der Waals surface area contributed by atoms with Crippen molar-refractivity contribution in [3.8, 4) is 5.69 Å². The molecule has 0 aliphatic heterocycles. The number of benzene rings is 1. The smallest absolute Gasteiger partial charge is 0.144 e. The average Bonchev–Trinajstić information content (AvgIpc) is 2.82. The van der Waals surface area contributed by atoms with Gasteiger partial charge in [-0.3, -0.25) is 0 Å². The molecule has 2 aromatic heterocycles. The van der Waals surface area contributed by atoms with Gasteiger partial charge >= 0.3 is 0 Å². The Morgan fingerprint density at radius 1 is 0.947 bits per heavy atom. The zero-order valence-corrected chi connectivity index (χ0v) is 11.6. The molecule has 0 bridgehead atoms. The Kier molecular flexibility index (Phi) is 2.67. The molecule has 2 nitrogen and oxygen atoms in total. The van der Waals surface area contributed by atoms with Gasteiger partial charge in [0.15, 0.2) is 0 Å². The lowest BCUT2D eigenvalue weighted by atomic mass is 9.87. The van der Waals surface area contributed by atoms with Crippen LogP contribution in [0.15, 0.2) is 54.9 Å². The largest absolute Gasteiger partial charge is 0.301 e. The molecule has 0 saturated carbocycles. The fourth-order valence-corrected chi connectivity index (χ4v) is 2.30. The van der Waals surface area contributed by atoms with Crippen LogP contribution in [0.25, 0.3) is 16.7 Å². The number of nitrogens with zero attached hydrogens (tertiary/aromatic N) is 2. The molecule has 0 aliphatic rings. The van der Waals surface area contributed by atoms with Crippen LogP contribution in [0.5, 0.6) is 0 Å². The lowest BCUT2D eigenvalue weighted by Crippen LogP contribution is -2.10. The van der Waals surface area contributed by atoms with Crippen LogP contribution in [-0.2, 0) is 5.41 Å². The topological polar surface area (TPSA) is 17.8 Å². The first kappa shape index (κ1) is 12.0. The zero-order chi connectivity index (χ0) is 13.5. The lowest BCUT2D eigenvalue weighted by Gasteiger charge is -2.19. The number of hydrogen-bond acceptors (Lipinski definition) is 1. The van der Waals surface area contributed by atoms with E-state index in [1.807, 2.05) is 12.3 Å². The van der Waals surface area contributed by atoms with Gasteiger partial charge in [0.25, 0.3) is 0 Å². The molecule has 3 rings (SSSR count). The molecule has 96 valence electrons. The zero-order valence-electron chi connectivity index (χ0n) is 11.6. The summed E-state index contributed by atoms with van der Waals surface area (Å²) < 4.78 is 2.13. The van der Waals surface area contributed by atoms with E-state index in [4.69, 9.17) is 0 Å². The van der Waals surface area contributed by atoms with Crippen molar-refractivity contribution in [1.29, 1.82) is 0 Å². The molecule has 0 radical (unpaired) electrons. The minimum atomic E-state index is 0.190. The van der Waals surface area contributed by atoms with E-state index in [9.17, 15) is 0 Å². The van der Waals surface area contributed by atoms with Gasteiger partial charge in [0.05, 0.1) is 0 Å². The van der Waals surface area contributed by atoms with E-state index in [0.29, 0.717) is 0 Å². The molecule has 3 aromatic rings. The van der Waals surface area contributed by atoms with Crippen molar-refractivity contribution in [2.45, 2.75) is 26.2 Å². The first-order valence-electron chi connectivity index (χ1n) is 6.59. The third-order valence-corrected chi connectivity index (χ3v) is 3.46. The second kappa shape index (κ2) is 4.23. The van der Waals surface area contributed by atoms with Gasteiger partial charge in [-0.05, 0) is 41.3 Å². The highest BCUT2D eigenvalue weighted by molar-refractivity contribution is 5.77. The number of fused-ring (bicyclic) bond motifs is 1. The van der Waals surface area contributed by atoms with Crippen molar-refractivity contribution < 1.29 is 0 Å². The van der Waals surface area contributed by atoms with Crippen LogP contribution < -0.4 is 0 Å². The second-order valence-corrected chi connectivity index (χ2v) is 5.90. The molecule has 1 aromatic carbocycles. The molecule has 0 amide bonds. The minimum absolute atomic E-state index is 0.190. The molecule has 2 heterocycles. The molecule has 0 unspecified atom stereocenters. The fraction of sp³-hybridized carbons (Fsp3) is 0.235. The summed E-state index contributed by atoms with van der Waals surface area (Å²) in [5.74, 6) is 0. The van der Waals surface area contributed by atoms with Gasteiger partial charge in [-0.2, -0.15) is 0 Å². The van der Waals surface area contributed by atoms with E-state index < -0.39 is 0 Å². The number of aromatic nitrogens is 2. The van der Waals surface area contributed by atoms with E-state index >= 15 is 0 Å². The van der Waals surface area contributed by atoms with E-state index in [2.05, 4.69) is 72.9 Å². The Morgan fingerprint density at radius 2 is 1.68 bits per heavy atom. The molecule has 0 spiro atoms. The van der Waals surface area contributed by atoms with E-state index in [1.165, 1.54) is 10.9 Å². The molecule has 0 atom stereocenters. The normalized spacial score (nSPS) is 11.9. The third kappa shape index (κ3) is 2.14. The van der Waals surface area contributed by atoms with Crippen LogP contribution in [0.3, 0.4) is 0 Å². The maximum absolute atomic E-state index is 4.45. The van der Waals surface area contributed by atoms with Gasteiger partial charge in [0.2, 0.25) is 0 Å². The van der Waals surface area contributed by atoms with Crippen LogP contribution in [0.2, 0.25) is 0 Å².